The molecule has 3 heteroatoms. The Labute approximate surface area is 71.1 Å². The maximum absolute atomic E-state index is 11.2. The average molecular weight is 162 g/mol. The Kier molecular flexibility index (Phi) is 2.65. The Hall–Kier alpha value is -1.56. The first kappa shape index (κ1) is 8.54. The molecule has 0 saturated heterocycles. The first-order chi connectivity index (χ1) is 5.74. The van der Waals surface area contributed by atoms with E-state index in [-0.39, 0.29) is 5.56 Å². The maximum atomic E-state index is 11.2. The molecule has 0 aliphatic carbocycles. The molecule has 1 rings (SSSR count). The van der Waals surface area contributed by atoms with E-state index in [0.717, 1.165) is 5.69 Å². The van der Waals surface area contributed by atoms with Crippen molar-refractivity contribution in [2.75, 3.05) is 0 Å². The van der Waals surface area contributed by atoms with Crippen LogP contribution < -0.4 is 5.56 Å². The van der Waals surface area contributed by atoms with Crippen molar-refractivity contribution in [1.29, 1.82) is 0 Å². The molecule has 0 N–H and O–H groups in total. The highest BCUT2D eigenvalue weighted by Gasteiger charge is 1.94. The van der Waals surface area contributed by atoms with E-state index in [1.165, 1.54) is 17.0 Å². The van der Waals surface area contributed by atoms with Crippen molar-refractivity contribution < 1.29 is 0 Å². The van der Waals surface area contributed by atoms with E-state index in [2.05, 4.69) is 10.9 Å². The second-order valence-corrected chi connectivity index (χ2v) is 2.52. The van der Waals surface area contributed by atoms with E-state index in [1.807, 2.05) is 0 Å². The van der Waals surface area contributed by atoms with Gasteiger partial charge in [0.2, 0.25) is 0 Å². The Morgan fingerprint density at radius 3 is 3.08 bits per heavy atom. The number of nitrogens with zero attached hydrogens (tertiary/aromatic N) is 2. The molecule has 0 aromatic carbocycles. The fraction of sp³-hybridized carbons (Fsp3) is 0.333. The molecule has 0 atom stereocenters. The van der Waals surface area contributed by atoms with Crippen LogP contribution in [0.5, 0.6) is 0 Å². The van der Waals surface area contributed by atoms with Crippen molar-refractivity contribution in [2.45, 2.75) is 19.9 Å². The van der Waals surface area contributed by atoms with Crippen molar-refractivity contribution in [3.8, 4) is 12.3 Å². The summed E-state index contributed by atoms with van der Waals surface area (Å²) in [5.41, 5.74) is 0.690. The van der Waals surface area contributed by atoms with Crippen molar-refractivity contribution >= 4 is 0 Å². The van der Waals surface area contributed by atoms with Gasteiger partial charge < -0.3 is 0 Å². The molecule has 0 fully saturated rings. The van der Waals surface area contributed by atoms with Crippen LogP contribution in [0.4, 0.5) is 0 Å². The van der Waals surface area contributed by atoms with Crippen LogP contribution in [-0.4, -0.2) is 9.55 Å². The summed E-state index contributed by atoms with van der Waals surface area (Å²) < 4.78 is 1.51. The fourth-order valence-electron chi connectivity index (χ4n) is 0.869. The highest BCUT2D eigenvalue weighted by molar-refractivity contribution is 4.96. The number of aromatic nitrogens is 2. The summed E-state index contributed by atoms with van der Waals surface area (Å²) in [4.78, 5) is 15.2. The average Bonchev–Trinajstić information content (AvgIpc) is 2.03. The largest absolute Gasteiger partial charge is 0.298 e. The van der Waals surface area contributed by atoms with E-state index < -0.39 is 0 Å². The Bertz CT molecular complexity index is 360. The van der Waals surface area contributed by atoms with Crippen molar-refractivity contribution in [3.05, 3.63) is 28.4 Å². The number of terminal acetylenes is 1. The van der Waals surface area contributed by atoms with Crippen LogP contribution >= 0.6 is 0 Å². The van der Waals surface area contributed by atoms with Gasteiger partial charge in [-0.3, -0.25) is 9.36 Å². The summed E-state index contributed by atoms with van der Waals surface area (Å²) in [5, 5.41) is 0. The van der Waals surface area contributed by atoms with Crippen LogP contribution in [0.15, 0.2) is 17.2 Å². The van der Waals surface area contributed by atoms with Gasteiger partial charge in [0.15, 0.2) is 0 Å². The Balaban J connectivity index is 2.89. The van der Waals surface area contributed by atoms with Gasteiger partial charge in [0, 0.05) is 24.7 Å². The molecule has 0 amide bonds. The summed E-state index contributed by atoms with van der Waals surface area (Å²) in [7, 11) is 0. The van der Waals surface area contributed by atoms with Gasteiger partial charge >= 0.3 is 0 Å². The SMILES string of the molecule is C#CCCn1cnc(C)cc1=O. The minimum atomic E-state index is -0.0437. The van der Waals surface area contributed by atoms with E-state index in [1.54, 1.807) is 6.92 Å². The summed E-state index contributed by atoms with van der Waals surface area (Å²) in [6.07, 6.45) is 7.15. The van der Waals surface area contributed by atoms with Crippen molar-refractivity contribution in [3.63, 3.8) is 0 Å². The van der Waals surface area contributed by atoms with Gasteiger partial charge in [0.1, 0.15) is 0 Å². The van der Waals surface area contributed by atoms with Crippen LogP contribution in [0.25, 0.3) is 0 Å². The topological polar surface area (TPSA) is 34.9 Å². The lowest BCUT2D eigenvalue weighted by molar-refractivity contribution is 0.669. The normalized spacial score (nSPS) is 9.33. The molecule has 0 spiro atoms. The first-order valence-electron chi connectivity index (χ1n) is 3.70. The zero-order valence-electron chi connectivity index (χ0n) is 6.95. The van der Waals surface area contributed by atoms with Crippen LogP contribution in [0.3, 0.4) is 0 Å². The second kappa shape index (κ2) is 3.72. The van der Waals surface area contributed by atoms with Gasteiger partial charge in [-0.2, -0.15) is 0 Å². The van der Waals surface area contributed by atoms with Gasteiger partial charge in [-0.05, 0) is 6.92 Å². The molecular weight excluding hydrogens is 152 g/mol. The number of hydrogen-bond acceptors (Lipinski definition) is 2. The summed E-state index contributed by atoms with van der Waals surface area (Å²) in [6.45, 7) is 2.33. The lowest BCUT2D eigenvalue weighted by Crippen LogP contribution is -2.19. The molecule has 1 aromatic heterocycles. The Morgan fingerprint density at radius 1 is 1.75 bits per heavy atom. The van der Waals surface area contributed by atoms with Crippen molar-refractivity contribution in [1.82, 2.24) is 9.55 Å². The molecular formula is C9H10N2O. The minimum Gasteiger partial charge on any atom is -0.298 e. The smallest absolute Gasteiger partial charge is 0.253 e. The predicted molar refractivity (Wildman–Crippen MR) is 46.7 cm³/mol. The van der Waals surface area contributed by atoms with E-state index in [4.69, 9.17) is 6.42 Å². The molecule has 3 nitrogen and oxygen atoms in total. The molecule has 0 bridgehead atoms. The predicted octanol–water partition coefficient (Wildman–Crippen LogP) is 0.575. The number of hydrogen-bond donors (Lipinski definition) is 0. The maximum Gasteiger partial charge on any atom is 0.253 e. The quantitative estimate of drug-likeness (QED) is 0.596. The Morgan fingerprint density at radius 2 is 2.50 bits per heavy atom. The highest BCUT2D eigenvalue weighted by atomic mass is 16.1. The van der Waals surface area contributed by atoms with Gasteiger partial charge in [-0.1, -0.05) is 0 Å². The molecule has 1 heterocycles. The summed E-state index contributed by atoms with van der Waals surface area (Å²) >= 11 is 0. The lowest BCUT2D eigenvalue weighted by Gasteiger charge is -2.00. The summed E-state index contributed by atoms with van der Waals surface area (Å²) in [5.74, 6) is 2.47. The third-order valence-corrected chi connectivity index (χ3v) is 1.51. The standard InChI is InChI=1S/C9H10N2O/c1-3-4-5-11-7-10-8(2)6-9(11)12/h1,6-7H,4-5H2,2H3. The molecule has 12 heavy (non-hydrogen) atoms. The van der Waals surface area contributed by atoms with Gasteiger partial charge in [0.05, 0.1) is 6.33 Å². The third-order valence-electron chi connectivity index (χ3n) is 1.51. The van der Waals surface area contributed by atoms with Gasteiger partial charge in [-0.25, -0.2) is 4.98 Å². The van der Waals surface area contributed by atoms with Gasteiger partial charge in [-0.15, -0.1) is 12.3 Å². The van der Waals surface area contributed by atoms with E-state index in [0.29, 0.717) is 13.0 Å². The van der Waals surface area contributed by atoms with E-state index >= 15 is 0 Å². The molecule has 0 saturated carbocycles. The molecule has 0 radical (unpaired) electrons. The number of rotatable bonds is 2. The lowest BCUT2D eigenvalue weighted by atomic mass is 10.4. The fourth-order valence-corrected chi connectivity index (χ4v) is 0.869. The molecule has 1 aromatic rings. The third kappa shape index (κ3) is 1.96. The van der Waals surface area contributed by atoms with Crippen molar-refractivity contribution in [2.24, 2.45) is 0 Å². The highest BCUT2D eigenvalue weighted by Crippen LogP contribution is 1.86. The monoisotopic (exact) mass is 162 g/mol. The second-order valence-electron chi connectivity index (χ2n) is 2.52. The van der Waals surface area contributed by atoms with Gasteiger partial charge in [0.25, 0.3) is 5.56 Å². The molecule has 0 unspecified atom stereocenters. The van der Waals surface area contributed by atoms with Crippen LogP contribution in [-0.2, 0) is 6.54 Å². The minimum absolute atomic E-state index is 0.0437. The van der Waals surface area contributed by atoms with Crippen LogP contribution in [0.2, 0.25) is 0 Å². The first-order valence-corrected chi connectivity index (χ1v) is 3.70. The summed E-state index contributed by atoms with van der Waals surface area (Å²) in [6, 6.07) is 1.50. The zero-order chi connectivity index (χ0) is 8.97. The zero-order valence-corrected chi connectivity index (χ0v) is 6.95. The van der Waals surface area contributed by atoms with Crippen LogP contribution in [0.1, 0.15) is 12.1 Å². The number of aryl methyl sites for hydroxylation is 2. The molecule has 62 valence electrons. The van der Waals surface area contributed by atoms with Crippen LogP contribution in [0, 0.1) is 19.3 Å². The molecule has 0 aliphatic heterocycles. The van der Waals surface area contributed by atoms with E-state index in [9.17, 15) is 4.79 Å². The molecule has 0 aliphatic rings.